The Kier molecular flexibility index (Phi) is 6.14. The van der Waals surface area contributed by atoms with Crippen molar-refractivity contribution in [3.63, 3.8) is 0 Å². The number of nitro benzene ring substituents is 1. The Balaban J connectivity index is 1.72. The van der Waals surface area contributed by atoms with E-state index in [0.29, 0.717) is 11.3 Å². The summed E-state index contributed by atoms with van der Waals surface area (Å²) in [6.45, 7) is 9.02. The van der Waals surface area contributed by atoms with Gasteiger partial charge in [-0.1, -0.05) is 30.7 Å². The van der Waals surface area contributed by atoms with Crippen LogP contribution in [-0.2, 0) is 19.6 Å². The molecule has 0 aliphatic carbocycles. The Morgan fingerprint density at radius 2 is 2.06 bits per heavy atom. The number of aromatic amines is 1. The first kappa shape index (κ1) is 21.8. The number of nitrogens with one attached hydrogen (secondary N) is 1. The molecule has 4 rings (SSSR count). The van der Waals surface area contributed by atoms with Gasteiger partial charge in [0, 0.05) is 42.4 Å². The molecule has 0 unspecified atom stereocenters. The summed E-state index contributed by atoms with van der Waals surface area (Å²) in [6.07, 6.45) is 0.881. The van der Waals surface area contributed by atoms with E-state index in [2.05, 4.69) is 22.0 Å². The molecule has 0 saturated heterocycles. The summed E-state index contributed by atoms with van der Waals surface area (Å²) in [5.41, 5.74) is 6.55. The zero-order chi connectivity index (χ0) is 22.8. The van der Waals surface area contributed by atoms with Crippen LogP contribution in [0.2, 0.25) is 0 Å². The molecular formula is C24H28N4O4. The van der Waals surface area contributed by atoms with Gasteiger partial charge in [-0.15, -0.1) is 0 Å². The van der Waals surface area contributed by atoms with Crippen LogP contribution < -0.4 is 9.47 Å². The van der Waals surface area contributed by atoms with Crippen LogP contribution >= 0.6 is 0 Å². The smallest absolute Gasteiger partial charge is 0.315 e. The van der Waals surface area contributed by atoms with Gasteiger partial charge in [-0.2, -0.15) is 5.10 Å². The van der Waals surface area contributed by atoms with E-state index in [9.17, 15) is 10.1 Å². The highest BCUT2D eigenvalue weighted by Crippen LogP contribution is 2.42. The molecule has 0 spiro atoms. The van der Waals surface area contributed by atoms with Gasteiger partial charge in [0.25, 0.3) is 0 Å². The SMILES string of the molecule is CCN1CCc2[nH]nc(-c3cc(OC)c(OCc4cc(C)ccc4C)c([N+](=O)[O-])c3)c2C1. The van der Waals surface area contributed by atoms with E-state index in [-0.39, 0.29) is 18.0 Å². The number of hydrogen-bond acceptors (Lipinski definition) is 6. The Morgan fingerprint density at radius 3 is 2.78 bits per heavy atom. The van der Waals surface area contributed by atoms with Gasteiger partial charge in [0.05, 0.1) is 17.7 Å². The quantitative estimate of drug-likeness (QED) is 0.431. The second-order valence-electron chi connectivity index (χ2n) is 8.15. The van der Waals surface area contributed by atoms with Crippen LogP contribution in [0.15, 0.2) is 30.3 Å². The minimum Gasteiger partial charge on any atom is -0.493 e. The van der Waals surface area contributed by atoms with Gasteiger partial charge in [0.1, 0.15) is 6.61 Å². The third-order valence-corrected chi connectivity index (χ3v) is 6.06. The van der Waals surface area contributed by atoms with E-state index in [1.807, 2.05) is 32.0 Å². The van der Waals surface area contributed by atoms with Crippen molar-refractivity contribution in [1.29, 1.82) is 0 Å². The highest BCUT2D eigenvalue weighted by atomic mass is 16.6. The minimum atomic E-state index is -0.429. The highest BCUT2D eigenvalue weighted by molar-refractivity contribution is 5.73. The number of hydrogen-bond donors (Lipinski definition) is 1. The van der Waals surface area contributed by atoms with Crippen molar-refractivity contribution >= 4 is 5.69 Å². The number of aromatic nitrogens is 2. The Hall–Kier alpha value is -3.39. The number of H-pyrrole nitrogens is 1. The number of nitro groups is 1. The van der Waals surface area contributed by atoms with E-state index in [1.165, 1.54) is 13.2 Å². The summed E-state index contributed by atoms with van der Waals surface area (Å²) >= 11 is 0. The molecule has 1 aliphatic heterocycles. The predicted octanol–water partition coefficient (Wildman–Crippen LogP) is 4.57. The molecule has 1 N–H and O–H groups in total. The van der Waals surface area contributed by atoms with Crippen LogP contribution in [0.4, 0.5) is 5.69 Å². The molecule has 0 atom stereocenters. The number of fused-ring (bicyclic) bond motifs is 1. The molecule has 8 nitrogen and oxygen atoms in total. The predicted molar refractivity (Wildman–Crippen MR) is 122 cm³/mol. The zero-order valence-electron chi connectivity index (χ0n) is 18.9. The van der Waals surface area contributed by atoms with Crippen LogP contribution in [0.1, 0.15) is 34.9 Å². The van der Waals surface area contributed by atoms with Crippen molar-refractivity contribution in [3.05, 3.63) is 68.4 Å². The molecule has 3 aromatic rings. The average molecular weight is 437 g/mol. The fraction of sp³-hybridized carbons (Fsp3) is 0.375. The largest absolute Gasteiger partial charge is 0.493 e. The van der Waals surface area contributed by atoms with Gasteiger partial charge in [-0.3, -0.25) is 20.1 Å². The first-order valence-electron chi connectivity index (χ1n) is 10.8. The fourth-order valence-corrected chi connectivity index (χ4v) is 4.12. The third kappa shape index (κ3) is 4.18. The van der Waals surface area contributed by atoms with Crippen LogP contribution in [-0.4, -0.2) is 40.2 Å². The summed E-state index contributed by atoms with van der Waals surface area (Å²) in [5, 5.41) is 19.6. The molecule has 1 aromatic heterocycles. The first-order valence-corrected chi connectivity index (χ1v) is 10.8. The molecule has 8 heteroatoms. The monoisotopic (exact) mass is 436 g/mol. The van der Waals surface area contributed by atoms with Crippen molar-refractivity contribution in [2.24, 2.45) is 0 Å². The standard InChI is InChI=1S/C24H28N4O4/c1-5-27-9-8-20-19(13-27)23(26-25-20)17-11-21(28(29)30)24(22(12-17)31-4)32-14-18-10-15(2)6-7-16(18)3/h6-7,10-12H,5,8-9,13-14H2,1-4H3,(H,25,26). The average Bonchev–Trinajstić information content (AvgIpc) is 3.22. The van der Waals surface area contributed by atoms with Crippen molar-refractivity contribution in [2.45, 2.75) is 40.3 Å². The lowest BCUT2D eigenvalue weighted by Crippen LogP contribution is -2.30. The molecule has 0 amide bonds. The molecule has 168 valence electrons. The van der Waals surface area contributed by atoms with Gasteiger partial charge in [0.15, 0.2) is 5.75 Å². The van der Waals surface area contributed by atoms with Gasteiger partial charge < -0.3 is 9.47 Å². The maximum Gasteiger partial charge on any atom is 0.315 e. The molecule has 32 heavy (non-hydrogen) atoms. The molecule has 0 fully saturated rings. The van der Waals surface area contributed by atoms with E-state index in [1.54, 1.807) is 6.07 Å². The lowest BCUT2D eigenvalue weighted by molar-refractivity contribution is -0.386. The van der Waals surface area contributed by atoms with Crippen molar-refractivity contribution in [3.8, 4) is 22.8 Å². The number of methoxy groups -OCH3 is 1. The van der Waals surface area contributed by atoms with Gasteiger partial charge in [-0.05, 0) is 37.6 Å². The van der Waals surface area contributed by atoms with Crippen molar-refractivity contribution < 1.29 is 14.4 Å². The number of rotatable bonds is 7. The van der Waals surface area contributed by atoms with Gasteiger partial charge in [-0.25, -0.2) is 0 Å². The molecule has 2 aromatic carbocycles. The van der Waals surface area contributed by atoms with Crippen LogP contribution in [0.25, 0.3) is 11.3 Å². The van der Waals surface area contributed by atoms with Crippen LogP contribution in [0.3, 0.4) is 0 Å². The lowest BCUT2D eigenvalue weighted by atomic mass is 10.00. The Bertz CT molecular complexity index is 1160. The highest BCUT2D eigenvalue weighted by Gasteiger charge is 2.27. The summed E-state index contributed by atoms with van der Waals surface area (Å²) in [6, 6.07) is 9.37. The van der Waals surface area contributed by atoms with Crippen molar-refractivity contribution in [2.75, 3.05) is 20.2 Å². The van der Waals surface area contributed by atoms with E-state index in [4.69, 9.17) is 9.47 Å². The van der Waals surface area contributed by atoms with E-state index < -0.39 is 4.92 Å². The van der Waals surface area contributed by atoms with Gasteiger partial charge >= 0.3 is 5.69 Å². The maximum atomic E-state index is 12.0. The van der Waals surface area contributed by atoms with Gasteiger partial charge in [0.2, 0.25) is 5.75 Å². The molecule has 2 heterocycles. The molecular weight excluding hydrogens is 408 g/mol. The lowest BCUT2D eigenvalue weighted by Gasteiger charge is -2.25. The zero-order valence-corrected chi connectivity index (χ0v) is 18.9. The van der Waals surface area contributed by atoms with Crippen molar-refractivity contribution in [1.82, 2.24) is 15.1 Å². The first-order chi connectivity index (χ1) is 15.4. The molecule has 0 radical (unpaired) electrons. The molecule has 0 bridgehead atoms. The maximum absolute atomic E-state index is 12.0. The Labute approximate surface area is 187 Å². The van der Waals surface area contributed by atoms with Crippen LogP contribution in [0, 0.1) is 24.0 Å². The number of likely N-dealkylation sites (N-methyl/N-ethyl adjacent to an activating group) is 1. The number of ether oxygens (including phenoxy) is 2. The third-order valence-electron chi connectivity index (χ3n) is 6.06. The van der Waals surface area contributed by atoms with E-state index >= 15 is 0 Å². The minimum absolute atomic E-state index is 0.127. The fourth-order valence-electron chi connectivity index (χ4n) is 4.12. The Morgan fingerprint density at radius 1 is 1.25 bits per heavy atom. The second kappa shape index (κ2) is 9.00. The number of benzene rings is 2. The summed E-state index contributed by atoms with van der Waals surface area (Å²) in [5.74, 6) is 0.446. The second-order valence-corrected chi connectivity index (χ2v) is 8.15. The van der Waals surface area contributed by atoms with Crippen LogP contribution in [0.5, 0.6) is 11.5 Å². The topological polar surface area (TPSA) is 93.5 Å². The number of nitrogens with zero attached hydrogens (tertiary/aromatic N) is 3. The number of aryl methyl sites for hydroxylation is 2. The molecule has 1 aliphatic rings. The summed E-state index contributed by atoms with van der Waals surface area (Å²) in [4.78, 5) is 13.9. The van der Waals surface area contributed by atoms with E-state index in [0.717, 1.165) is 59.7 Å². The normalized spacial score (nSPS) is 13.6. The summed E-state index contributed by atoms with van der Waals surface area (Å²) < 4.78 is 11.5. The molecule has 0 saturated carbocycles. The summed E-state index contributed by atoms with van der Waals surface area (Å²) in [7, 11) is 1.49.